The lowest BCUT2D eigenvalue weighted by Gasteiger charge is -2.25. The third-order valence-corrected chi connectivity index (χ3v) is 6.45. The monoisotopic (exact) mass is 475 g/mol. The summed E-state index contributed by atoms with van der Waals surface area (Å²) in [4.78, 5) is 16.2. The van der Waals surface area contributed by atoms with Crippen molar-refractivity contribution >= 4 is 24.8 Å². The summed E-state index contributed by atoms with van der Waals surface area (Å²) in [7, 11) is -3.62. The van der Waals surface area contributed by atoms with Gasteiger partial charge in [0.05, 0.1) is 12.2 Å². The van der Waals surface area contributed by atoms with E-state index < -0.39 is 19.5 Å². The second kappa shape index (κ2) is 10.8. The summed E-state index contributed by atoms with van der Waals surface area (Å²) in [5.41, 5.74) is 7.46. The number of anilines is 1. The van der Waals surface area contributed by atoms with Crippen LogP contribution in [0, 0.1) is 0 Å². The summed E-state index contributed by atoms with van der Waals surface area (Å²) in [5, 5.41) is 7.02. The van der Waals surface area contributed by atoms with Gasteiger partial charge < -0.3 is 19.7 Å². The first-order valence-corrected chi connectivity index (χ1v) is 12.5. The van der Waals surface area contributed by atoms with Crippen LogP contribution >= 0.6 is 7.52 Å². The highest BCUT2D eigenvalue weighted by Gasteiger charge is 2.32. The number of carbonyl (C=O) groups is 1. The van der Waals surface area contributed by atoms with Crippen molar-refractivity contribution in [1.29, 1.82) is 0 Å². The van der Waals surface area contributed by atoms with E-state index in [1.165, 1.54) is 6.33 Å². The predicted octanol–water partition coefficient (Wildman–Crippen LogP) is 3.42. The van der Waals surface area contributed by atoms with Gasteiger partial charge >= 0.3 is 13.5 Å². The zero-order valence-corrected chi connectivity index (χ0v) is 20.1. The van der Waals surface area contributed by atoms with E-state index in [9.17, 15) is 9.36 Å². The largest absolute Gasteiger partial charge is 0.462 e. The Kier molecular flexibility index (Phi) is 8.07. The van der Waals surface area contributed by atoms with Crippen LogP contribution in [0.1, 0.15) is 33.4 Å². The molecule has 178 valence electrons. The van der Waals surface area contributed by atoms with Crippen LogP contribution in [-0.4, -0.2) is 45.2 Å². The molecule has 0 saturated carbocycles. The van der Waals surface area contributed by atoms with Gasteiger partial charge in [0.1, 0.15) is 30.0 Å². The molecule has 0 bridgehead atoms. The van der Waals surface area contributed by atoms with Crippen molar-refractivity contribution in [2.24, 2.45) is 0 Å². The number of nitrogen functional groups attached to an aromatic ring is 1. The van der Waals surface area contributed by atoms with E-state index in [2.05, 4.69) is 15.2 Å². The lowest BCUT2D eigenvalue weighted by Crippen LogP contribution is -2.37. The number of hydrogen-bond acceptors (Lipinski definition) is 8. The molecule has 10 nitrogen and oxygen atoms in total. The van der Waals surface area contributed by atoms with Gasteiger partial charge in [-0.1, -0.05) is 18.2 Å². The molecular weight excluding hydrogens is 445 g/mol. The van der Waals surface area contributed by atoms with E-state index in [-0.39, 0.29) is 18.6 Å². The van der Waals surface area contributed by atoms with Gasteiger partial charge in [0.25, 0.3) is 0 Å². The number of nitrogens with two attached hydrogens (primary N) is 1. The third-order valence-electron chi connectivity index (χ3n) is 4.68. The van der Waals surface area contributed by atoms with E-state index in [0.29, 0.717) is 23.5 Å². The van der Waals surface area contributed by atoms with Crippen molar-refractivity contribution in [3.8, 4) is 5.75 Å². The molecule has 3 rings (SSSR count). The number of hydrogen-bond donors (Lipinski definition) is 2. The number of rotatable bonds is 11. The van der Waals surface area contributed by atoms with Crippen molar-refractivity contribution < 1.29 is 23.4 Å². The number of fused-ring (bicyclic) bond motifs is 1. The van der Waals surface area contributed by atoms with E-state index >= 15 is 0 Å². The number of aromatic nitrogens is 3. The zero-order valence-electron chi connectivity index (χ0n) is 19.2. The molecule has 33 heavy (non-hydrogen) atoms. The molecule has 3 aromatic rings. The highest BCUT2D eigenvalue weighted by atomic mass is 31.2. The maximum atomic E-state index is 13.6. The molecule has 1 aromatic carbocycles. The first kappa shape index (κ1) is 24.7. The molecular formula is C22H30N5O5P. The topological polar surface area (TPSA) is 130 Å². The quantitative estimate of drug-likeness (QED) is 0.316. The Morgan fingerprint density at radius 3 is 2.58 bits per heavy atom. The summed E-state index contributed by atoms with van der Waals surface area (Å²) in [6.07, 6.45) is 1.01. The van der Waals surface area contributed by atoms with Crippen LogP contribution in [0.5, 0.6) is 5.75 Å². The molecule has 0 radical (unpaired) electrons. The second-order valence-electron chi connectivity index (χ2n) is 7.99. The molecule has 0 aliphatic heterocycles. The van der Waals surface area contributed by atoms with Crippen LogP contribution in [-0.2, 0) is 25.3 Å². The fourth-order valence-corrected chi connectivity index (χ4v) is 4.95. The Balaban J connectivity index is 1.70. The van der Waals surface area contributed by atoms with Gasteiger partial charge in [0.2, 0.25) is 0 Å². The van der Waals surface area contributed by atoms with Crippen LogP contribution < -0.4 is 15.3 Å². The number of carbonyl (C=O) groups excluding carboxylic acids is 1. The number of nitrogens with zero attached hydrogens (tertiary/aromatic N) is 3. The summed E-state index contributed by atoms with van der Waals surface area (Å²) in [6.45, 7) is 6.93. The molecule has 3 N–H and O–H groups in total. The number of esters is 1. The standard InChI is InChI=1S/C22H30N5O5P/c1-15(2)31-22(28)17(4)26-33(29,32-19-8-6-5-7-9-19)14-30-16(3)12-18-10-11-20-21(23)24-13-25-27(18)20/h5-11,13,15-17H,12,14H2,1-4H3,(H,26,29)(H2,23,24,25)/t16-,17+,33?/m1/s1. The molecule has 0 aliphatic carbocycles. The average Bonchev–Trinajstić information content (AvgIpc) is 3.16. The number of nitrogens with one attached hydrogen (secondary N) is 1. The van der Waals surface area contributed by atoms with E-state index in [4.69, 9.17) is 19.7 Å². The van der Waals surface area contributed by atoms with Crippen molar-refractivity contribution in [3.63, 3.8) is 0 Å². The molecule has 2 aromatic heterocycles. The number of ether oxygens (including phenoxy) is 2. The van der Waals surface area contributed by atoms with Crippen LogP contribution in [0.4, 0.5) is 5.82 Å². The SMILES string of the molecule is CC(C)OC(=O)[C@H](C)NP(=O)(CO[C@H](C)Cc1ccc2c(N)ncnn12)Oc1ccccc1. The van der Waals surface area contributed by atoms with Crippen molar-refractivity contribution in [2.75, 3.05) is 12.1 Å². The van der Waals surface area contributed by atoms with Crippen molar-refractivity contribution in [1.82, 2.24) is 19.7 Å². The second-order valence-corrected chi connectivity index (χ2v) is 10.0. The summed E-state index contributed by atoms with van der Waals surface area (Å²) >= 11 is 0. The predicted molar refractivity (Wildman–Crippen MR) is 125 cm³/mol. The van der Waals surface area contributed by atoms with Crippen LogP contribution in [0.2, 0.25) is 0 Å². The van der Waals surface area contributed by atoms with Crippen LogP contribution in [0.3, 0.4) is 0 Å². The average molecular weight is 475 g/mol. The first-order valence-electron chi connectivity index (χ1n) is 10.7. The van der Waals surface area contributed by atoms with Gasteiger partial charge in [-0.3, -0.25) is 9.36 Å². The summed E-state index contributed by atoms with van der Waals surface area (Å²) in [6, 6.07) is 11.6. The number of para-hydroxylation sites is 1. The minimum atomic E-state index is -3.62. The maximum Gasteiger partial charge on any atom is 0.342 e. The van der Waals surface area contributed by atoms with Gasteiger partial charge in [-0.25, -0.2) is 14.6 Å². The maximum absolute atomic E-state index is 13.6. The van der Waals surface area contributed by atoms with Gasteiger partial charge in [0, 0.05) is 12.1 Å². The Labute approximate surface area is 192 Å². The van der Waals surface area contributed by atoms with E-state index in [0.717, 1.165) is 5.69 Å². The molecule has 11 heteroatoms. The molecule has 3 atom stereocenters. The number of benzene rings is 1. The van der Waals surface area contributed by atoms with E-state index in [1.807, 2.05) is 25.1 Å². The Morgan fingerprint density at radius 1 is 1.15 bits per heavy atom. The summed E-state index contributed by atoms with van der Waals surface area (Å²) in [5.74, 6) is 0.266. The highest BCUT2D eigenvalue weighted by molar-refractivity contribution is 7.57. The molecule has 0 aliphatic rings. The van der Waals surface area contributed by atoms with Gasteiger partial charge in [-0.15, -0.1) is 0 Å². The van der Waals surface area contributed by atoms with Gasteiger partial charge in [-0.2, -0.15) is 5.10 Å². The lowest BCUT2D eigenvalue weighted by atomic mass is 10.2. The lowest BCUT2D eigenvalue weighted by molar-refractivity contribution is -0.149. The van der Waals surface area contributed by atoms with Crippen molar-refractivity contribution in [2.45, 2.75) is 52.4 Å². The Bertz CT molecular complexity index is 1120. The minimum absolute atomic E-state index is 0.247. The molecule has 2 heterocycles. The normalized spacial score (nSPS) is 15.2. The Morgan fingerprint density at radius 2 is 1.88 bits per heavy atom. The third kappa shape index (κ3) is 6.77. The zero-order chi connectivity index (χ0) is 24.0. The minimum Gasteiger partial charge on any atom is -0.462 e. The van der Waals surface area contributed by atoms with Crippen LogP contribution in [0.25, 0.3) is 5.52 Å². The van der Waals surface area contributed by atoms with Crippen LogP contribution in [0.15, 0.2) is 48.8 Å². The van der Waals surface area contributed by atoms with Crippen molar-refractivity contribution in [3.05, 3.63) is 54.5 Å². The fraction of sp³-hybridized carbons (Fsp3) is 0.409. The Hall–Kier alpha value is -2.94. The molecule has 0 fully saturated rings. The molecule has 0 spiro atoms. The molecule has 1 unspecified atom stereocenters. The molecule has 0 amide bonds. The van der Waals surface area contributed by atoms with E-state index in [1.54, 1.807) is 49.6 Å². The fourth-order valence-electron chi connectivity index (χ4n) is 3.16. The van der Waals surface area contributed by atoms with Gasteiger partial charge in [0.15, 0.2) is 5.82 Å². The highest BCUT2D eigenvalue weighted by Crippen LogP contribution is 2.44. The molecule has 0 saturated heterocycles. The van der Waals surface area contributed by atoms with Gasteiger partial charge in [-0.05, 0) is 52.0 Å². The first-order chi connectivity index (χ1) is 15.7. The summed E-state index contributed by atoms with van der Waals surface area (Å²) < 4.78 is 32.2. The smallest absolute Gasteiger partial charge is 0.342 e.